The molecule has 2 heterocycles. The molecule has 0 bridgehead atoms. The molecule has 2 N–H and O–H groups in total. The maximum atomic E-state index is 5.96. The van der Waals surface area contributed by atoms with E-state index in [2.05, 4.69) is 54.3 Å². The summed E-state index contributed by atoms with van der Waals surface area (Å²) in [6.45, 7) is 10.0. The summed E-state index contributed by atoms with van der Waals surface area (Å²) in [5, 5.41) is 12.2. The fourth-order valence-electron chi connectivity index (χ4n) is 4.34. The first-order valence-electron chi connectivity index (χ1n) is 8.13. The van der Waals surface area contributed by atoms with Crippen molar-refractivity contribution >= 4 is 39.5 Å². The zero-order chi connectivity index (χ0) is 17.1. The van der Waals surface area contributed by atoms with Gasteiger partial charge >= 0.3 is 0 Å². The molecule has 24 heavy (non-hydrogen) atoms. The minimum atomic E-state index is 0.123. The van der Waals surface area contributed by atoms with E-state index in [-0.39, 0.29) is 10.8 Å². The lowest BCUT2D eigenvalue weighted by atomic mass is 9.81. The van der Waals surface area contributed by atoms with Crippen LogP contribution in [0, 0.1) is 0 Å². The van der Waals surface area contributed by atoms with E-state index in [1.54, 1.807) is 0 Å². The Morgan fingerprint density at radius 1 is 1.25 bits per heavy atom. The van der Waals surface area contributed by atoms with E-state index in [1.165, 1.54) is 28.2 Å². The number of nitrogens with zero attached hydrogens (tertiary/aromatic N) is 2. The summed E-state index contributed by atoms with van der Waals surface area (Å²) in [6, 6.07) is 2.28. The van der Waals surface area contributed by atoms with Crippen molar-refractivity contribution in [3.63, 3.8) is 0 Å². The molecule has 0 radical (unpaired) electrons. The first-order chi connectivity index (χ1) is 11.3. The number of aromatic nitrogens is 3. The smallest absolute Gasteiger partial charge is 0.183 e. The molecule has 1 aliphatic carbocycles. The topological polar surface area (TPSA) is 53.6 Å². The number of H-pyrrole nitrogens is 1. The molecule has 0 saturated heterocycles. The van der Waals surface area contributed by atoms with E-state index in [4.69, 9.17) is 11.6 Å². The number of aromatic amines is 1. The zero-order valence-electron chi connectivity index (χ0n) is 14.3. The van der Waals surface area contributed by atoms with Gasteiger partial charge in [-0.25, -0.2) is 4.98 Å². The van der Waals surface area contributed by atoms with Gasteiger partial charge in [-0.1, -0.05) is 39.3 Å². The molecule has 0 spiro atoms. The van der Waals surface area contributed by atoms with Crippen molar-refractivity contribution in [3.8, 4) is 0 Å². The van der Waals surface area contributed by atoms with Crippen LogP contribution in [0.3, 0.4) is 0 Å². The zero-order valence-corrected chi connectivity index (χ0v) is 15.9. The lowest BCUT2D eigenvalue weighted by Gasteiger charge is -2.24. The van der Waals surface area contributed by atoms with Crippen LogP contribution in [-0.4, -0.2) is 15.2 Å². The number of hydrogen-bond donors (Lipinski definition) is 2. The Hall–Kier alpha value is -1.59. The third kappa shape index (κ3) is 2.42. The fourth-order valence-corrected chi connectivity index (χ4v) is 5.26. The summed E-state index contributed by atoms with van der Waals surface area (Å²) >= 11 is 7.48. The van der Waals surface area contributed by atoms with Gasteiger partial charge in [0.2, 0.25) is 0 Å². The monoisotopic (exact) mass is 360 g/mol. The summed E-state index contributed by atoms with van der Waals surface area (Å²) in [4.78, 5) is 5.26. The molecule has 0 atom stereocenters. The van der Waals surface area contributed by atoms with Crippen molar-refractivity contribution in [2.45, 2.75) is 51.5 Å². The molecule has 1 aromatic carbocycles. The number of thiazole rings is 1. The van der Waals surface area contributed by atoms with Gasteiger partial charge in [0, 0.05) is 22.1 Å². The Morgan fingerprint density at radius 2 is 2.04 bits per heavy atom. The SMILES string of the molecule is CC1(C)CC(C)(C)c2c1cc1[nH]ncc1c2NCc1cnc(Cl)s1. The van der Waals surface area contributed by atoms with Crippen LogP contribution in [0.2, 0.25) is 4.47 Å². The molecule has 4 nitrogen and oxygen atoms in total. The lowest BCUT2D eigenvalue weighted by molar-refractivity contribution is 0.403. The normalized spacial score (nSPS) is 18.0. The highest BCUT2D eigenvalue weighted by molar-refractivity contribution is 7.15. The van der Waals surface area contributed by atoms with Gasteiger partial charge in [0.1, 0.15) is 0 Å². The van der Waals surface area contributed by atoms with Crippen LogP contribution >= 0.6 is 22.9 Å². The highest BCUT2D eigenvalue weighted by atomic mass is 35.5. The quantitative estimate of drug-likeness (QED) is 0.671. The molecule has 0 unspecified atom stereocenters. The fraction of sp³-hybridized carbons (Fsp3) is 0.444. The Bertz CT molecular complexity index is 922. The first kappa shape index (κ1) is 15.9. The molecule has 6 heteroatoms. The second-order valence-electron chi connectivity index (χ2n) is 7.88. The Labute approximate surface area is 150 Å². The van der Waals surface area contributed by atoms with Gasteiger partial charge in [0.15, 0.2) is 4.47 Å². The predicted octanol–water partition coefficient (Wildman–Crippen LogP) is 5.24. The Kier molecular flexibility index (Phi) is 3.45. The first-order valence-corrected chi connectivity index (χ1v) is 9.32. The van der Waals surface area contributed by atoms with Gasteiger partial charge in [-0.3, -0.25) is 5.10 Å². The van der Waals surface area contributed by atoms with Crippen LogP contribution in [0.25, 0.3) is 10.9 Å². The third-order valence-electron chi connectivity index (χ3n) is 5.00. The molecule has 0 saturated carbocycles. The van der Waals surface area contributed by atoms with Crippen molar-refractivity contribution in [1.29, 1.82) is 0 Å². The van der Waals surface area contributed by atoms with Crippen LogP contribution in [0.5, 0.6) is 0 Å². The van der Waals surface area contributed by atoms with Crippen molar-refractivity contribution in [3.05, 3.63) is 38.9 Å². The van der Waals surface area contributed by atoms with Crippen LogP contribution in [0.4, 0.5) is 5.69 Å². The largest absolute Gasteiger partial charge is 0.379 e. The van der Waals surface area contributed by atoms with E-state index in [0.29, 0.717) is 4.47 Å². The van der Waals surface area contributed by atoms with Crippen LogP contribution < -0.4 is 5.32 Å². The number of fused-ring (bicyclic) bond motifs is 2. The Balaban J connectivity index is 1.86. The lowest BCUT2D eigenvalue weighted by Crippen LogP contribution is -2.18. The van der Waals surface area contributed by atoms with Gasteiger partial charge in [-0.2, -0.15) is 5.10 Å². The maximum absolute atomic E-state index is 5.96. The molecule has 0 aliphatic heterocycles. The molecule has 0 amide bonds. The van der Waals surface area contributed by atoms with Gasteiger partial charge < -0.3 is 5.32 Å². The minimum absolute atomic E-state index is 0.123. The van der Waals surface area contributed by atoms with E-state index >= 15 is 0 Å². The number of benzene rings is 1. The van der Waals surface area contributed by atoms with Crippen molar-refractivity contribution in [1.82, 2.24) is 15.2 Å². The van der Waals surface area contributed by atoms with Crippen molar-refractivity contribution in [2.75, 3.05) is 5.32 Å². The summed E-state index contributed by atoms with van der Waals surface area (Å²) in [5.41, 5.74) is 5.38. The van der Waals surface area contributed by atoms with Crippen molar-refractivity contribution < 1.29 is 0 Å². The van der Waals surface area contributed by atoms with Gasteiger partial charge in [-0.15, -0.1) is 11.3 Å². The average Bonchev–Trinajstić information content (AvgIpc) is 3.14. The van der Waals surface area contributed by atoms with Gasteiger partial charge in [0.05, 0.1) is 18.3 Å². The summed E-state index contributed by atoms with van der Waals surface area (Å²) in [7, 11) is 0. The number of nitrogens with one attached hydrogen (secondary N) is 2. The standard InChI is InChI=1S/C18H21ClN4S/c1-17(2)9-18(3,4)14-12(17)5-13-11(8-22-23-13)15(14)20-6-10-7-21-16(19)24-10/h5,7-8,20H,6,9H2,1-4H3,(H,22,23). The number of hydrogen-bond acceptors (Lipinski definition) is 4. The second kappa shape index (κ2) is 5.20. The number of rotatable bonds is 3. The molecule has 126 valence electrons. The molecule has 2 aromatic heterocycles. The minimum Gasteiger partial charge on any atom is -0.379 e. The van der Waals surface area contributed by atoms with Crippen molar-refractivity contribution in [2.24, 2.45) is 0 Å². The van der Waals surface area contributed by atoms with Crippen LogP contribution in [-0.2, 0) is 17.4 Å². The molecule has 3 aromatic rings. The summed E-state index contributed by atoms with van der Waals surface area (Å²) < 4.78 is 0.583. The molecular formula is C18H21ClN4S. The highest BCUT2D eigenvalue weighted by Crippen LogP contribution is 2.53. The van der Waals surface area contributed by atoms with E-state index in [0.717, 1.165) is 28.7 Å². The van der Waals surface area contributed by atoms with Crippen LogP contribution in [0.1, 0.15) is 50.1 Å². The molecule has 1 aliphatic rings. The average molecular weight is 361 g/mol. The maximum Gasteiger partial charge on any atom is 0.183 e. The van der Waals surface area contributed by atoms with Gasteiger partial charge in [0.25, 0.3) is 0 Å². The van der Waals surface area contributed by atoms with Crippen LogP contribution in [0.15, 0.2) is 18.5 Å². The summed E-state index contributed by atoms with van der Waals surface area (Å²) in [5.74, 6) is 0. The number of anilines is 1. The second-order valence-corrected chi connectivity index (χ2v) is 9.58. The Morgan fingerprint density at radius 3 is 2.75 bits per heavy atom. The highest BCUT2D eigenvalue weighted by Gasteiger charge is 2.44. The van der Waals surface area contributed by atoms with E-state index in [1.807, 2.05) is 12.4 Å². The van der Waals surface area contributed by atoms with E-state index in [9.17, 15) is 0 Å². The molecule has 4 rings (SSSR count). The molecular weight excluding hydrogens is 340 g/mol. The number of halogens is 1. The van der Waals surface area contributed by atoms with E-state index < -0.39 is 0 Å². The summed E-state index contributed by atoms with van der Waals surface area (Å²) in [6.07, 6.45) is 4.89. The van der Waals surface area contributed by atoms with Gasteiger partial charge in [-0.05, 0) is 34.4 Å². The molecule has 0 fully saturated rings. The predicted molar refractivity (Wildman–Crippen MR) is 101 cm³/mol. The third-order valence-corrected chi connectivity index (χ3v) is 6.12.